The first-order valence-electron chi connectivity index (χ1n) is 11.9. The molecule has 4 unspecified atom stereocenters. The summed E-state index contributed by atoms with van der Waals surface area (Å²) in [6, 6.07) is -0.480. The van der Waals surface area contributed by atoms with Crippen LogP contribution in [-0.4, -0.2) is 87.6 Å². The van der Waals surface area contributed by atoms with Crippen LogP contribution in [0.25, 0.3) is 0 Å². The Kier molecular flexibility index (Phi) is 13.3. The fourth-order valence-corrected chi connectivity index (χ4v) is 3.36. The summed E-state index contributed by atoms with van der Waals surface area (Å²) in [5, 5.41) is 34.9. The van der Waals surface area contributed by atoms with Crippen LogP contribution in [0.3, 0.4) is 0 Å². The molecular weight excluding hydrogens is 532 g/mol. The molecule has 17 nitrogen and oxygen atoms in total. The number of nitrogens with two attached hydrogens (primary N) is 4. The van der Waals surface area contributed by atoms with E-state index in [2.05, 4.69) is 20.9 Å². The normalized spacial score (nSPS) is 13.5. The summed E-state index contributed by atoms with van der Waals surface area (Å²) in [5.74, 6) is -7.08. The van der Waals surface area contributed by atoms with E-state index in [1.54, 1.807) is 0 Å². The number of carbonyl (C=O) groups is 6. The van der Waals surface area contributed by atoms with Crippen molar-refractivity contribution in [2.45, 2.75) is 56.3 Å². The van der Waals surface area contributed by atoms with Gasteiger partial charge in [-0.05, 0) is 30.5 Å². The van der Waals surface area contributed by atoms with Crippen LogP contribution in [0.5, 0.6) is 5.75 Å². The van der Waals surface area contributed by atoms with E-state index in [9.17, 15) is 44.1 Å². The van der Waals surface area contributed by atoms with Gasteiger partial charge in [-0.15, -0.1) is 0 Å². The molecule has 40 heavy (non-hydrogen) atoms. The summed E-state index contributed by atoms with van der Waals surface area (Å²) in [6.45, 7) is 0.0614. The molecule has 0 aliphatic heterocycles. The van der Waals surface area contributed by atoms with Crippen LogP contribution in [-0.2, 0) is 35.2 Å². The molecule has 4 amide bonds. The first kappa shape index (κ1) is 33.1. The van der Waals surface area contributed by atoms with Gasteiger partial charge in [0.15, 0.2) is 5.96 Å². The van der Waals surface area contributed by atoms with Gasteiger partial charge >= 0.3 is 11.9 Å². The molecule has 1 rings (SSSR count). The zero-order valence-electron chi connectivity index (χ0n) is 21.4. The smallest absolute Gasteiger partial charge is 0.326 e. The standard InChI is InChI=1S/C23H34N8O9/c24-13(9-17(25)33)19(36)29-14(2-1-7-28-23(26)27)20(37)30-15(10-18(34)35)21(38)31-16(22(39)40)8-11-3-5-12(32)6-4-11/h3-6,13-16,32H,1-2,7-10,24H2,(H2,25,33)(H,29,36)(H,30,37)(H,31,38)(H,34,35)(H,39,40)(H4,26,27,28). The van der Waals surface area contributed by atoms with Gasteiger partial charge in [-0.2, -0.15) is 0 Å². The van der Waals surface area contributed by atoms with Gasteiger partial charge in [0.1, 0.15) is 23.9 Å². The number of hydrogen-bond acceptors (Lipinski definition) is 9. The fourth-order valence-electron chi connectivity index (χ4n) is 3.36. The maximum Gasteiger partial charge on any atom is 0.326 e. The lowest BCUT2D eigenvalue weighted by molar-refractivity contribution is -0.143. The molecule has 220 valence electrons. The SMILES string of the molecule is NC(=O)CC(N)C(=O)NC(CCCN=C(N)N)C(=O)NC(CC(=O)O)C(=O)NC(Cc1ccc(O)cc1)C(=O)O. The summed E-state index contributed by atoms with van der Waals surface area (Å²) in [5.41, 5.74) is 21.6. The lowest BCUT2D eigenvalue weighted by Crippen LogP contribution is -2.57. The number of aliphatic imine (C=N–C) groups is 1. The number of carboxylic acids is 2. The summed E-state index contributed by atoms with van der Waals surface area (Å²) in [6.07, 6.45) is -1.58. The Hall–Kier alpha value is -4.93. The minimum atomic E-state index is -1.73. The molecule has 0 heterocycles. The van der Waals surface area contributed by atoms with Gasteiger partial charge < -0.3 is 54.2 Å². The number of amides is 4. The number of nitrogens with zero attached hydrogens (tertiary/aromatic N) is 1. The van der Waals surface area contributed by atoms with E-state index in [0.717, 1.165) is 0 Å². The summed E-state index contributed by atoms with van der Waals surface area (Å²) < 4.78 is 0. The number of guanidine groups is 1. The van der Waals surface area contributed by atoms with Crippen LogP contribution >= 0.6 is 0 Å². The average Bonchev–Trinajstić information content (AvgIpc) is 2.85. The highest BCUT2D eigenvalue weighted by atomic mass is 16.4. The highest BCUT2D eigenvalue weighted by Gasteiger charge is 2.31. The maximum atomic E-state index is 13.0. The highest BCUT2D eigenvalue weighted by molar-refractivity contribution is 5.96. The topological polar surface area (TPSA) is 316 Å². The highest BCUT2D eigenvalue weighted by Crippen LogP contribution is 2.12. The van der Waals surface area contributed by atoms with E-state index in [-0.39, 0.29) is 37.5 Å². The molecule has 14 N–H and O–H groups in total. The molecule has 4 atom stereocenters. The Bertz CT molecular complexity index is 1110. The molecule has 0 fully saturated rings. The lowest BCUT2D eigenvalue weighted by Gasteiger charge is -2.24. The molecule has 0 aliphatic carbocycles. The zero-order chi connectivity index (χ0) is 30.4. The molecule has 0 aromatic heterocycles. The number of hydrogen-bond donors (Lipinski definition) is 10. The molecule has 1 aromatic rings. The number of aromatic hydroxyl groups is 1. The van der Waals surface area contributed by atoms with Gasteiger partial charge in [0.25, 0.3) is 0 Å². The van der Waals surface area contributed by atoms with Crippen LogP contribution in [0.1, 0.15) is 31.2 Å². The second-order valence-electron chi connectivity index (χ2n) is 8.72. The van der Waals surface area contributed by atoms with E-state index in [4.69, 9.17) is 22.9 Å². The molecule has 17 heteroatoms. The summed E-state index contributed by atoms with van der Waals surface area (Å²) in [7, 11) is 0. The van der Waals surface area contributed by atoms with Crippen molar-refractivity contribution < 1.29 is 44.1 Å². The molecular formula is C23H34N8O9. The quantitative estimate of drug-likeness (QED) is 0.0493. The number of rotatable bonds is 17. The molecule has 0 saturated heterocycles. The number of benzene rings is 1. The first-order chi connectivity index (χ1) is 18.7. The van der Waals surface area contributed by atoms with Gasteiger partial charge in [0.05, 0.1) is 18.9 Å². The Morgan fingerprint density at radius 2 is 1.35 bits per heavy atom. The van der Waals surface area contributed by atoms with Crippen molar-refractivity contribution in [2.24, 2.45) is 27.9 Å². The number of carboxylic acid groups (broad SMARTS) is 2. The van der Waals surface area contributed by atoms with Gasteiger partial charge in [0.2, 0.25) is 23.6 Å². The lowest BCUT2D eigenvalue weighted by atomic mass is 10.0. The molecule has 1 aromatic carbocycles. The van der Waals surface area contributed by atoms with Crippen LogP contribution in [0.4, 0.5) is 0 Å². The van der Waals surface area contributed by atoms with Crippen molar-refractivity contribution in [2.75, 3.05) is 6.54 Å². The van der Waals surface area contributed by atoms with Crippen molar-refractivity contribution in [3.63, 3.8) is 0 Å². The molecule has 0 spiro atoms. The predicted molar refractivity (Wildman–Crippen MR) is 139 cm³/mol. The van der Waals surface area contributed by atoms with Gasteiger partial charge in [-0.3, -0.25) is 29.0 Å². The Labute approximate surface area is 228 Å². The second kappa shape index (κ2) is 16.1. The third kappa shape index (κ3) is 12.5. The largest absolute Gasteiger partial charge is 0.508 e. The van der Waals surface area contributed by atoms with Gasteiger partial charge in [-0.25, -0.2) is 4.79 Å². The average molecular weight is 567 g/mol. The van der Waals surface area contributed by atoms with E-state index < -0.39 is 72.6 Å². The third-order valence-corrected chi connectivity index (χ3v) is 5.34. The Balaban J connectivity index is 3.07. The van der Waals surface area contributed by atoms with Crippen molar-refractivity contribution in [3.05, 3.63) is 29.8 Å². The fraction of sp³-hybridized carbons (Fsp3) is 0.435. The maximum absolute atomic E-state index is 13.0. The number of nitrogens with one attached hydrogen (secondary N) is 3. The van der Waals surface area contributed by atoms with Crippen molar-refractivity contribution in [1.82, 2.24) is 16.0 Å². The van der Waals surface area contributed by atoms with E-state index >= 15 is 0 Å². The van der Waals surface area contributed by atoms with E-state index in [1.165, 1.54) is 24.3 Å². The van der Waals surface area contributed by atoms with Crippen LogP contribution in [0.2, 0.25) is 0 Å². The van der Waals surface area contributed by atoms with Crippen molar-refractivity contribution in [3.8, 4) is 5.75 Å². The molecule has 0 saturated carbocycles. The van der Waals surface area contributed by atoms with E-state index in [1.807, 2.05) is 0 Å². The molecule has 0 bridgehead atoms. The number of aliphatic carboxylic acids is 2. The van der Waals surface area contributed by atoms with Gasteiger partial charge in [0, 0.05) is 13.0 Å². The Morgan fingerprint density at radius 3 is 1.88 bits per heavy atom. The monoisotopic (exact) mass is 566 g/mol. The minimum Gasteiger partial charge on any atom is -0.508 e. The second-order valence-corrected chi connectivity index (χ2v) is 8.72. The minimum absolute atomic E-state index is 0.0561. The number of primary amides is 1. The number of phenolic OH excluding ortho intramolecular Hbond substituents is 1. The van der Waals surface area contributed by atoms with E-state index in [0.29, 0.717) is 5.56 Å². The predicted octanol–water partition coefficient (Wildman–Crippen LogP) is -3.80. The van der Waals surface area contributed by atoms with Gasteiger partial charge in [-0.1, -0.05) is 12.1 Å². The van der Waals surface area contributed by atoms with Crippen molar-refractivity contribution >= 4 is 41.5 Å². The first-order valence-corrected chi connectivity index (χ1v) is 11.9. The molecule has 0 aliphatic rings. The van der Waals surface area contributed by atoms with Crippen LogP contribution in [0.15, 0.2) is 29.3 Å². The van der Waals surface area contributed by atoms with Crippen molar-refractivity contribution in [1.29, 1.82) is 0 Å². The number of phenols is 1. The molecule has 0 radical (unpaired) electrons. The van der Waals surface area contributed by atoms with Crippen LogP contribution in [0, 0.1) is 0 Å². The summed E-state index contributed by atoms with van der Waals surface area (Å²) >= 11 is 0. The third-order valence-electron chi connectivity index (χ3n) is 5.34. The zero-order valence-corrected chi connectivity index (χ0v) is 21.4. The number of carbonyl (C=O) groups excluding carboxylic acids is 4. The van der Waals surface area contributed by atoms with Crippen LogP contribution < -0.4 is 38.9 Å². The Morgan fingerprint density at radius 1 is 0.800 bits per heavy atom. The summed E-state index contributed by atoms with van der Waals surface area (Å²) in [4.78, 5) is 76.3.